The lowest BCUT2D eigenvalue weighted by atomic mass is 9.97. The average molecular weight is 507 g/mol. The molecule has 1 heterocycles. The third-order valence-electron chi connectivity index (χ3n) is 6.44. The minimum absolute atomic E-state index is 0.0112. The zero-order valence-electron chi connectivity index (χ0n) is 22.1. The smallest absolute Gasteiger partial charge is 0.305 e. The Kier molecular flexibility index (Phi) is 15.9. The van der Waals surface area contributed by atoms with Gasteiger partial charge in [0.2, 0.25) is 0 Å². The molecule has 1 unspecified atom stereocenters. The molecule has 0 spiro atoms. The van der Waals surface area contributed by atoms with Crippen LogP contribution < -0.4 is 4.74 Å². The van der Waals surface area contributed by atoms with Gasteiger partial charge in [0.15, 0.2) is 6.29 Å². The van der Waals surface area contributed by atoms with Gasteiger partial charge < -0.3 is 24.1 Å². The number of carbonyl (C=O) groups excluding carboxylic acids is 1. The number of unbranched alkanes of at least 4 members (excludes halogenated alkanes) is 6. The number of carboxylic acid groups (broad SMARTS) is 1. The molecule has 1 aliphatic rings. The molecule has 1 fully saturated rings. The maximum atomic E-state index is 11.4. The number of esters is 1. The van der Waals surface area contributed by atoms with E-state index in [-0.39, 0.29) is 18.7 Å². The molecular weight excluding hydrogens is 460 g/mol. The van der Waals surface area contributed by atoms with Crippen LogP contribution in [0.1, 0.15) is 102 Å². The minimum atomic E-state index is -0.792. The molecule has 1 atom stereocenters. The van der Waals surface area contributed by atoms with Crippen molar-refractivity contribution >= 4 is 11.9 Å². The summed E-state index contributed by atoms with van der Waals surface area (Å²) in [5.41, 5.74) is 2.22. The van der Waals surface area contributed by atoms with Crippen molar-refractivity contribution in [3.63, 3.8) is 0 Å². The van der Waals surface area contributed by atoms with Crippen molar-refractivity contribution in [2.45, 2.75) is 110 Å². The highest BCUT2D eigenvalue weighted by Gasteiger charge is 2.14. The molecule has 1 aromatic carbocycles. The fourth-order valence-corrected chi connectivity index (χ4v) is 4.46. The van der Waals surface area contributed by atoms with Crippen molar-refractivity contribution in [2.75, 3.05) is 26.4 Å². The van der Waals surface area contributed by atoms with Gasteiger partial charge in [0.25, 0.3) is 0 Å². The predicted octanol–water partition coefficient (Wildman–Crippen LogP) is 6.24. The summed E-state index contributed by atoms with van der Waals surface area (Å²) in [5.74, 6) is -0.114. The molecule has 7 nitrogen and oxygen atoms in total. The lowest BCUT2D eigenvalue weighted by molar-refractivity contribution is -0.162. The Bertz CT molecular complexity index is 743. The Balaban J connectivity index is 1.70. The second-order valence-electron chi connectivity index (χ2n) is 9.44. The topological polar surface area (TPSA) is 91.3 Å². The first-order valence-corrected chi connectivity index (χ1v) is 13.9. The molecule has 0 aliphatic carbocycles. The normalized spacial score (nSPS) is 15.5. The molecule has 1 saturated heterocycles. The third-order valence-corrected chi connectivity index (χ3v) is 6.44. The minimum Gasteiger partial charge on any atom is -0.493 e. The van der Waals surface area contributed by atoms with Gasteiger partial charge in [-0.25, -0.2) is 0 Å². The first kappa shape index (κ1) is 30.1. The molecule has 7 heteroatoms. The maximum absolute atomic E-state index is 11.4. The number of ether oxygens (including phenoxy) is 4. The Hall–Kier alpha value is -2.12. The molecule has 0 amide bonds. The summed E-state index contributed by atoms with van der Waals surface area (Å²) < 4.78 is 22.4. The zero-order valence-corrected chi connectivity index (χ0v) is 22.1. The van der Waals surface area contributed by atoms with E-state index in [9.17, 15) is 14.7 Å². The Morgan fingerprint density at radius 2 is 1.72 bits per heavy atom. The highest BCUT2D eigenvalue weighted by Crippen LogP contribution is 2.26. The molecule has 1 aliphatic heterocycles. The highest BCUT2D eigenvalue weighted by molar-refractivity contribution is 5.69. The van der Waals surface area contributed by atoms with Gasteiger partial charge >= 0.3 is 11.9 Å². The average Bonchev–Trinajstić information content (AvgIpc) is 2.87. The van der Waals surface area contributed by atoms with Crippen LogP contribution in [0.4, 0.5) is 0 Å². The van der Waals surface area contributed by atoms with E-state index in [1.807, 2.05) is 19.1 Å². The second-order valence-corrected chi connectivity index (χ2v) is 9.44. The van der Waals surface area contributed by atoms with Gasteiger partial charge in [-0.1, -0.05) is 37.8 Å². The summed E-state index contributed by atoms with van der Waals surface area (Å²) in [4.78, 5) is 22.6. The van der Waals surface area contributed by atoms with Crippen molar-refractivity contribution in [1.29, 1.82) is 0 Å². The van der Waals surface area contributed by atoms with E-state index < -0.39 is 5.97 Å². The molecule has 0 saturated carbocycles. The monoisotopic (exact) mass is 506 g/mol. The van der Waals surface area contributed by atoms with Crippen molar-refractivity contribution in [2.24, 2.45) is 0 Å². The summed E-state index contributed by atoms with van der Waals surface area (Å²) in [7, 11) is 0. The first-order valence-electron chi connectivity index (χ1n) is 13.9. The van der Waals surface area contributed by atoms with Gasteiger partial charge in [0, 0.05) is 26.1 Å². The molecule has 2 rings (SSSR count). The van der Waals surface area contributed by atoms with Crippen LogP contribution in [0.15, 0.2) is 18.2 Å². The SMILES string of the molecule is CCOC(=O)CCCCCCOc1cccc(CCCCCCOC2CCCCO2)c1CCC(=O)O. The van der Waals surface area contributed by atoms with Crippen molar-refractivity contribution in [3.8, 4) is 5.75 Å². The molecular formula is C29H46O7. The van der Waals surface area contributed by atoms with E-state index in [0.717, 1.165) is 95.2 Å². The van der Waals surface area contributed by atoms with Gasteiger partial charge in [-0.3, -0.25) is 9.59 Å². The number of rotatable bonds is 20. The van der Waals surface area contributed by atoms with E-state index >= 15 is 0 Å². The molecule has 1 N–H and O–H groups in total. The van der Waals surface area contributed by atoms with E-state index in [0.29, 0.717) is 26.1 Å². The Morgan fingerprint density at radius 1 is 0.944 bits per heavy atom. The fourth-order valence-electron chi connectivity index (χ4n) is 4.46. The number of aliphatic carboxylic acids is 1. The lowest BCUT2D eigenvalue weighted by Crippen LogP contribution is -2.22. The summed E-state index contributed by atoms with van der Waals surface area (Å²) in [6.45, 7) is 4.41. The van der Waals surface area contributed by atoms with Crippen LogP contribution in [0.5, 0.6) is 5.75 Å². The fraction of sp³-hybridized carbons (Fsp3) is 0.724. The van der Waals surface area contributed by atoms with Crippen LogP contribution in [-0.4, -0.2) is 49.8 Å². The number of aryl methyl sites for hydroxylation is 1. The Morgan fingerprint density at radius 3 is 2.47 bits per heavy atom. The first-order chi connectivity index (χ1) is 17.6. The summed E-state index contributed by atoms with van der Waals surface area (Å²) in [6, 6.07) is 6.06. The van der Waals surface area contributed by atoms with Crippen molar-refractivity contribution in [1.82, 2.24) is 0 Å². The van der Waals surface area contributed by atoms with Crippen LogP contribution in [0.25, 0.3) is 0 Å². The van der Waals surface area contributed by atoms with Crippen molar-refractivity contribution < 1.29 is 33.6 Å². The molecule has 0 aromatic heterocycles. The number of carboxylic acids is 1. The molecule has 0 bridgehead atoms. The van der Waals surface area contributed by atoms with Crippen molar-refractivity contribution in [3.05, 3.63) is 29.3 Å². The van der Waals surface area contributed by atoms with E-state index in [2.05, 4.69) is 6.07 Å². The van der Waals surface area contributed by atoms with Gasteiger partial charge in [-0.2, -0.15) is 0 Å². The van der Waals surface area contributed by atoms with Crippen LogP contribution in [0.3, 0.4) is 0 Å². The molecule has 1 aromatic rings. The maximum Gasteiger partial charge on any atom is 0.305 e. The van der Waals surface area contributed by atoms with E-state index in [1.54, 1.807) is 0 Å². The second kappa shape index (κ2) is 19.1. The van der Waals surface area contributed by atoms with Gasteiger partial charge in [0.1, 0.15) is 5.75 Å². The van der Waals surface area contributed by atoms with Crippen LogP contribution >= 0.6 is 0 Å². The number of carbonyl (C=O) groups is 2. The number of hydrogen-bond donors (Lipinski definition) is 1. The zero-order chi connectivity index (χ0) is 25.8. The standard InChI is InChI=1S/C29H46O7/c1-2-33-28(32)17-8-4-6-10-21-34-26-16-13-15-24(25(26)19-20-27(30)31)14-7-3-5-11-22-35-29-18-9-12-23-36-29/h13,15-16,29H,2-12,14,17-23H2,1H3,(H,30,31). The van der Waals surface area contributed by atoms with Crippen LogP contribution in [0, 0.1) is 0 Å². The van der Waals surface area contributed by atoms with Gasteiger partial charge in [-0.05, 0) is 81.9 Å². The van der Waals surface area contributed by atoms with Crippen LogP contribution in [0.2, 0.25) is 0 Å². The Labute approximate surface area is 216 Å². The molecule has 36 heavy (non-hydrogen) atoms. The largest absolute Gasteiger partial charge is 0.493 e. The predicted molar refractivity (Wildman–Crippen MR) is 139 cm³/mol. The molecule has 204 valence electrons. The third kappa shape index (κ3) is 13.3. The molecule has 0 radical (unpaired) electrons. The van der Waals surface area contributed by atoms with Gasteiger partial charge in [0.05, 0.1) is 13.2 Å². The quantitative estimate of drug-likeness (QED) is 0.165. The summed E-state index contributed by atoms with van der Waals surface area (Å²) in [6.07, 6.45) is 13.3. The van der Waals surface area contributed by atoms with E-state index in [4.69, 9.17) is 18.9 Å². The van der Waals surface area contributed by atoms with E-state index in [1.165, 1.54) is 12.0 Å². The lowest BCUT2D eigenvalue weighted by Gasteiger charge is -2.22. The number of benzene rings is 1. The number of hydrogen-bond acceptors (Lipinski definition) is 6. The summed E-state index contributed by atoms with van der Waals surface area (Å²) >= 11 is 0. The van der Waals surface area contributed by atoms with Gasteiger partial charge in [-0.15, -0.1) is 0 Å². The van der Waals surface area contributed by atoms with Crippen LogP contribution in [-0.2, 0) is 36.6 Å². The summed E-state index contributed by atoms with van der Waals surface area (Å²) in [5, 5.41) is 9.22. The highest BCUT2D eigenvalue weighted by atomic mass is 16.7.